The number of esters is 1. The van der Waals surface area contributed by atoms with Gasteiger partial charge in [-0.3, -0.25) is 0 Å². The van der Waals surface area contributed by atoms with Crippen LogP contribution in [0.4, 0.5) is 0 Å². The van der Waals surface area contributed by atoms with Gasteiger partial charge in [0.05, 0.1) is 7.11 Å². The molecule has 1 aliphatic heterocycles. The lowest BCUT2D eigenvalue weighted by Gasteiger charge is -1.88. The molecule has 0 aromatic rings. The zero-order valence-corrected chi connectivity index (χ0v) is 5.23. The molecule has 1 N–H and O–H groups in total. The fourth-order valence-corrected chi connectivity index (χ4v) is 0.596. The fourth-order valence-electron chi connectivity index (χ4n) is 0.596. The molecule has 1 aliphatic rings. The SMILES string of the molecule is COC(=O)C1OC1C(=O)O. The summed E-state index contributed by atoms with van der Waals surface area (Å²) in [4.78, 5) is 20.5. The minimum absolute atomic E-state index is 0.632. The second-order valence-corrected chi connectivity index (χ2v) is 1.84. The molecule has 0 saturated carbocycles. The highest BCUT2D eigenvalue weighted by Gasteiger charge is 2.51. The first-order valence-corrected chi connectivity index (χ1v) is 2.63. The number of rotatable bonds is 2. The summed E-state index contributed by atoms with van der Waals surface area (Å²) in [5, 5.41) is 8.24. The summed E-state index contributed by atoms with van der Waals surface area (Å²) in [6.07, 6.45) is -1.88. The molecule has 1 fully saturated rings. The Morgan fingerprint density at radius 3 is 2.40 bits per heavy atom. The van der Waals surface area contributed by atoms with Gasteiger partial charge in [0.25, 0.3) is 0 Å². The lowest BCUT2D eigenvalue weighted by molar-refractivity contribution is -0.143. The molecule has 5 heteroatoms. The van der Waals surface area contributed by atoms with E-state index in [0.717, 1.165) is 0 Å². The molecule has 0 radical (unpaired) electrons. The number of carboxylic acid groups (broad SMARTS) is 1. The van der Waals surface area contributed by atoms with Gasteiger partial charge in [-0.15, -0.1) is 0 Å². The highest BCUT2D eigenvalue weighted by atomic mass is 16.6. The van der Waals surface area contributed by atoms with Crippen molar-refractivity contribution in [3.63, 3.8) is 0 Å². The maximum absolute atomic E-state index is 10.5. The number of carbonyl (C=O) groups is 2. The smallest absolute Gasteiger partial charge is 0.338 e. The zero-order chi connectivity index (χ0) is 7.72. The number of epoxide rings is 1. The number of hydrogen-bond donors (Lipinski definition) is 1. The van der Waals surface area contributed by atoms with Crippen molar-refractivity contribution in [2.45, 2.75) is 12.2 Å². The van der Waals surface area contributed by atoms with Gasteiger partial charge in [0.15, 0.2) is 12.2 Å². The molecule has 0 aliphatic carbocycles. The van der Waals surface area contributed by atoms with E-state index in [1.807, 2.05) is 0 Å². The summed E-state index contributed by atoms with van der Waals surface area (Å²) in [6.45, 7) is 0. The molecule has 5 nitrogen and oxygen atoms in total. The van der Waals surface area contributed by atoms with Crippen molar-refractivity contribution in [1.82, 2.24) is 0 Å². The standard InChI is InChI=1S/C5H6O5/c1-9-5(8)3-2(10-3)4(6)7/h2-3H,1H3,(H,6,7). The van der Waals surface area contributed by atoms with Gasteiger partial charge in [-0.1, -0.05) is 0 Å². The van der Waals surface area contributed by atoms with Crippen LogP contribution >= 0.6 is 0 Å². The molecule has 0 bridgehead atoms. The van der Waals surface area contributed by atoms with Gasteiger partial charge >= 0.3 is 11.9 Å². The Morgan fingerprint density at radius 1 is 1.50 bits per heavy atom. The van der Waals surface area contributed by atoms with Gasteiger partial charge in [-0.25, -0.2) is 9.59 Å². The van der Waals surface area contributed by atoms with Crippen molar-refractivity contribution in [2.75, 3.05) is 7.11 Å². The van der Waals surface area contributed by atoms with Crippen LogP contribution in [0.5, 0.6) is 0 Å². The van der Waals surface area contributed by atoms with E-state index in [9.17, 15) is 9.59 Å². The lowest BCUT2D eigenvalue weighted by atomic mass is 10.3. The Bertz CT molecular complexity index is 175. The monoisotopic (exact) mass is 146 g/mol. The van der Waals surface area contributed by atoms with E-state index in [0.29, 0.717) is 0 Å². The maximum Gasteiger partial charge on any atom is 0.338 e. The molecule has 0 spiro atoms. The third-order valence-electron chi connectivity index (χ3n) is 1.17. The van der Waals surface area contributed by atoms with E-state index in [1.54, 1.807) is 0 Å². The van der Waals surface area contributed by atoms with Crippen LogP contribution in [0.15, 0.2) is 0 Å². The van der Waals surface area contributed by atoms with Crippen molar-refractivity contribution >= 4 is 11.9 Å². The second-order valence-electron chi connectivity index (χ2n) is 1.84. The average Bonchev–Trinajstić information content (AvgIpc) is 2.64. The van der Waals surface area contributed by atoms with E-state index < -0.39 is 24.1 Å². The Labute approximate surface area is 56.5 Å². The Balaban J connectivity index is 2.38. The van der Waals surface area contributed by atoms with E-state index in [2.05, 4.69) is 9.47 Å². The van der Waals surface area contributed by atoms with Crippen molar-refractivity contribution in [2.24, 2.45) is 0 Å². The van der Waals surface area contributed by atoms with Gasteiger partial charge in [0, 0.05) is 0 Å². The quantitative estimate of drug-likeness (QED) is 0.400. The molecule has 2 atom stereocenters. The first-order chi connectivity index (χ1) is 4.66. The lowest BCUT2D eigenvalue weighted by Crippen LogP contribution is -2.16. The van der Waals surface area contributed by atoms with Crippen LogP contribution < -0.4 is 0 Å². The first kappa shape index (κ1) is 7.01. The highest BCUT2D eigenvalue weighted by molar-refractivity contribution is 5.88. The minimum atomic E-state index is -1.13. The van der Waals surface area contributed by atoms with Gasteiger partial charge in [-0.2, -0.15) is 0 Å². The third-order valence-corrected chi connectivity index (χ3v) is 1.17. The van der Waals surface area contributed by atoms with Crippen LogP contribution in [0.1, 0.15) is 0 Å². The van der Waals surface area contributed by atoms with Crippen molar-refractivity contribution in [3.05, 3.63) is 0 Å². The fraction of sp³-hybridized carbons (Fsp3) is 0.600. The zero-order valence-electron chi connectivity index (χ0n) is 5.23. The van der Waals surface area contributed by atoms with Crippen LogP contribution in [0.2, 0.25) is 0 Å². The third kappa shape index (κ3) is 1.08. The summed E-state index contributed by atoms with van der Waals surface area (Å²) in [7, 11) is 1.18. The molecule has 0 aromatic carbocycles. The van der Waals surface area contributed by atoms with Crippen LogP contribution in [0, 0.1) is 0 Å². The van der Waals surface area contributed by atoms with E-state index in [4.69, 9.17) is 5.11 Å². The number of carbonyl (C=O) groups excluding carboxylic acids is 1. The Morgan fingerprint density at radius 2 is 2.10 bits per heavy atom. The summed E-state index contributed by atoms with van der Waals surface area (Å²) in [6, 6.07) is 0. The van der Waals surface area contributed by atoms with Gasteiger partial charge in [-0.05, 0) is 0 Å². The number of methoxy groups -OCH3 is 1. The molecule has 56 valence electrons. The minimum Gasteiger partial charge on any atom is -0.479 e. The van der Waals surface area contributed by atoms with Crippen LogP contribution in [0.3, 0.4) is 0 Å². The number of ether oxygens (including phenoxy) is 2. The highest BCUT2D eigenvalue weighted by Crippen LogP contribution is 2.22. The van der Waals surface area contributed by atoms with Gasteiger partial charge < -0.3 is 14.6 Å². The summed E-state index contributed by atoms with van der Waals surface area (Å²) in [5.74, 6) is -1.76. The number of aliphatic carboxylic acids is 1. The molecule has 2 unspecified atom stereocenters. The normalized spacial score (nSPS) is 29.3. The Hall–Kier alpha value is -1.10. The largest absolute Gasteiger partial charge is 0.479 e. The topological polar surface area (TPSA) is 76.1 Å². The van der Waals surface area contributed by atoms with Crippen molar-refractivity contribution < 1.29 is 24.2 Å². The molecule has 0 aromatic heterocycles. The molecular weight excluding hydrogens is 140 g/mol. The molecule has 0 amide bonds. The van der Waals surface area contributed by atoms with E-state index >= 15 is 0 Å². The number of carboxylic acids is 1. The summed E-state index contributed by atoms with van der Waals surface area (Å²) >= 11 is 0. The van der Waals surface area contributed by atoms with E-state index in [1.165, 1.54) is 7.11 Å². The van der Waals surface area contributed by atoms with Gasteiger partial charge in [0.1, 0.15) is 0 Å². The van der Waals surface area contributed by atoms with Crippen molar-refractivity contribution in [3.8, 4) is 0 Å². The average molecular weight is 146 g/mol. The van der Waals surface area contributed by atoms with Gasteiger partial charge in [0.2, 0.25) is 0 Å². The predicted molar refractivity (Wildman–Crippen MR) is 28.3 cm³/mol. The van der Waals surface area contributed by atoms with Crippen LogP contribution in [-0.2, 0) is 19.1 Å². The second kappa shape index (κ2) is 2.26. The first-order valence-electron chi connectivity index (χ1n) is 2.63. The molecule has 10 heavy (non-hydrogen) atoms. The summed E-state index contributed by atoms with van der Waals surface area (Å²) in [5.41, 5.74) is 0. The van der Waals surface area contributed by atoms with Crippen molar-refractivity contribution in [1.29, 1.82) is 0 Å². The molecular formula is C5H6O5. The summed E-state index contributed by atoms with van der Waals surface area (Å²) < 4.78 is 8.68. The molecule has 1 heterocycles. The van der Waals surface area contributed by atoms with Crippen LogP contribution in [-0.4, -0.2) is 36.4 Å². The van der Waals surface area contributed by atoms with E-state index in [-0.39, 0.29) is 0 Å². The van der Waals surface area contributed by atoms with Crippen LogP contribution in [0.25, 0.3) is 0 Å². The predicted octanol–water partition coefficient (Wildman–Crippen LogP) is -0.989. The Kier molecular flexibility index (Phi) is 1.58. The molecule has 1 saturated heterocycles. The number of hydrogen-bond acceptors (Lipinski definition) is 4. The maximum atomic E-state index is 10.5. The molecule has 1 rings (SSSR count).